The Kier molecular flexibility index (Phi) is 7.39. The van der Waals surface area contributed by atoms with E-state index in [0.717, 1.165) is 17.7 Å². The molecule has 1 amide bonds. The lowest BCUT2D eigenvalue weighted by atomic mass is 10.1. The van der Waals surface area contributed by atoms with Gasteiger partial charge in [0.05, 0.1) is 29.0 Å². The van der Waals surface area contributed by atoms with Crippen molar-refractivity contribution in [3.05, 3.63) is 101 Å². The van der Waals surface area contributed by atoms with Gasteiger partial charge in [0, 0.05) is 11.3 Å². The SMILES string of the molecule is C=C(NOCc1ccccc1)c1ccc(O)c(C(=O)Nc2cc(C(F)(F)F)cc(C(F)(F)F)c2)c1. The van der Waals surface area contributed by atoms with E-state index in [4.69, 9.17) is 4.84 Å². The number of amides is 1. The van der Waals surface area contributed by atoms with Crippen LogP contribution in [-0.2, 0) is 23.8 Å². The van der Waals surface area contributed by atoms with E-state index in [9.17, 15) is 36.2 Å². The number of alkyl halides is 6. The number of phenols is 1. The number of hydrogen-bond donors (Lipinski definition) is 3. The number of nitrogens with one attached hydrogen (secondary N) is 2. The van der Waals surface area contributed by atoms with Crippen LogP contribution in [0.2, 0.25) is 0 Å². The summed E-state index contributed by atoms with van der Waals surface area (Å²) in [5.74, 6) is -1.68. The summed E-state index contributed by atoms with van der Waals surface area (Å²) in [6.07, 6.45) is -10.2. The predicted octanol–water partition coefficient (Wildman–Crippen LogP) is 6.37. The van der Waals surface area contributed by atoms with E-state index in [1.165, 1.54) is 6.07 Å². The molecule has 0 atom stereocenters. The lowest BCUT2D eigenvalue weighted by molar-refractivity contribution is -0.143. The number of carbonyl (C=O) groups excluding carboxylic acids is 1. The fourth-order valence-corrected chi connectivity index (χ4v) is 2.97. The van der Waals surface area contributed by atoms with Gasteiger partial charge in [-0.25, -0.2) is 0 Å². The number of hydrogen-bond acceptors (Lipinski definition) is 4. The Bertz CT molecular complexity index is 1190. The number of benzene rings is 3. The molecule has 0 unspecified atom stereocenters. The first-order chi connectivity index (χ1) is 16.3. The van der Waals surface area contributed by atoms with Crippen LogP contribution in [0.25, 0.3) is 5.70 Å². The van der Waals surface area contributed by atoms with Crippen molar-refractivity contribution in [3.8, 4) is 5.75 Å². The van der Waals surface area contributed by atoms with Crippen molar-refractivity contribution in [1.82, 2.24) is 5.48 Å². The zero-order chi connectivity index (χ0) is 25.8. The highest BCUT2D eigenvalue weighted by Crippen LogP contribution is 2.37. The molecular formula is C24H18F6N2O3. The van der Waals surface area contributed by atoms with Crippen LogP contribution in [-0.4, -0.2) is 11.0 Å². The molecule has 5 nitrogen and oxygen atoms in total. The molecule has 0 heterocycles. The van der Waals surface area contributed by atoms with E-state index >= 15 is 0 Å². The minimum Gasteiger partial charge on any atom is -0.507 e. The first kappa shape index (κ1) is 25.6. The lowest BCUT2D eigenvalue weighted by Crippen LogP contribution is -2.17. The zero-order valence-corrected chi connectivity index (χ0v) is 17.8. The highest BCUT2D eigenvalue weighted by molar-refractivity contribution is 6.06. The van der Waals surface area contributed by atoms with Crippen molar-refractivity contribution in [2.45, 2.75) is 19.0 Å². The predicted molar refractivity (Wildman–Crippen MR) is 116 cm³/mol. The summed E-state index contributed by atoms with van der Waals surface area (Å²) in [7, 11) is 0. The second-order valence-electron chi connectivity index (χ2n) is 7.34. The van der Waals surface area contributed by atoms with Gasteiger partial charge in [-0.3, -0.25) is 15.1 Å². The highest BCUT2D eigenvalue weighted by Gasteiger charge is 2.37. The fraction of sp³-hybridized carbons (Fsp3) is 0.125. The van der Waals surface area contributed by atoms with E-state index in [-0.39, 0.29) is 23.9 Å². The topological polar surface area (TPSA) is 70.6 Å². The molecule has 3 rings (SSSR count). The van der Waals surface area contributed by atoms with E-state index in [0.29, 0.717) is 12.1 Å². The molecule has 0 aliphatic carbocycles. The van der Waals surface area contributed by atoms with E-state index in [2.05, 4.69) is 12.1 Å². The molecule has 0 saturated heterocycles. The first-order valence-electron chi connectivity index (χ1n) is 9.89. The minimum absolute atomic E-state index is 0.0567. The molecular weight excluding hydrogens is 478 g/mol. The zero-order valence-electron chi connectivity index (χ0n) is 17.8. The van der Waals surface area contributed by atoms with Gasteiger partial charge in [-0.2, -0.15) is 26.3 Å². The van der Waals surface area contributed by atoms with Gasteiger partial charge in [-0.05, 0) is 42.0 Å². The maximum Gasteiger partial charge on any atom is 0.416 e. The first-order valence-corrected chi connectivity index (χ1v) is 9.89. The monoisotopic (exact) mass is 496 g/mol. The van der Waals surface area contributed by atoms with Crippen LogP contribution in [0, 0.1) is 0 Å². The Morgan fingerprint density at radius 3 is 2.06 bits per heavy atom. The van der Waals surface area contributed by atoms with Crippen molar-refractivity contribution in [3.63, 3.8) is 0 Å². The molecule has 0 bridgehead atoms. The van der Waals surface area contributed by atoms with E-state index < -0.39 is 46.4 Å². The molecule has 3 N–H and O–H groups in total. The molecule has 0 radical (unpaired) electrons. The summed E-state index contributed by atoms with van der Waals surface area (Å²) < 4.78 is 78.4. The van der Waals surface area contributed by atoms with Crippen molar-refractivity contribution < 1.29 is 41.1 Å². The van der Waals surface area contributed by atoms with E-state index in [1.807, 2.05) is 35.6 Å². The molecule has 3 aromatic rings. The van der Waals surface area contributed by atoms with Gasteiger partial charge in [0.25, 0.3) is 5.91 Å². The fourth-order valence-electron chi connectivity index (χ4n) is 2.97. The van der Waals surface area contributed by atoms with Crippen LogP contribution in [0.15, 0.2) is 73.3 Å². The van der Waals surface area contributed by atoms with Crippen molar-refractivity contribution >= 4 is 17.3 Å². The Balaban J connectivity index is 1.78. The molecule has 0 aliphatic rings. The molecule has 35 heavy (non-hydrogen) atoms. The standard InChI is InChI=1S/C24H18F6N2O3/c1-14(32-35-13-15-5-3-2-4-6-15)16-7-8-21(33)20(9-16)22(34)31-19-11-17(23(25,26)27)10-18(12-19)24(28,29)30/h2-12,32-33H,1,13H2,(H,31,34). The summed E-state index contributed by atoms with van der Waals surface area (Å²) >= 11 is 0. The normalized spacial score (nSPS) is 11.7. The molecule has 0 spiro atoms. The van der Waals surface area contributed by atoms with Crippen molar-refractivity contribution in [1.29, 1.82) is 0 Å². The van der Waals surface area contributed by atoms with Gasteiger partial charge < -0.3 is 10.4 Å². The van der Waals surface area contributed by atoms with Gasteiger partial charge in [0.2, 0.25) is 0 Å². The van der Waals surface area contributed by atoms with E-state index in [1.54, 1.807) is 0 Å². The van der Waals surface area contributed by atoms with Crippen molar-refractivity contribution in [2.75, 3.05) is 5.32 Å². The Morgan fingerprint density at radius 2 is 1.49 bits per heavy atom. The van der Waals surface area contributed by atoms with Gasteiger partial charge in [-0.1, -0.05) is 36.9 Å². The smallest absolute Gasteiger partial charge is 0.416 e. The second-order valence-corrected chi connectivity index (χ2v) is 7.34. The summed E-state index contributed by atoms with van der Waals surface area (Å²) in [6, 6.07) is 13.5. The highest BCUT2D eigenvalue weighted by atomic mass is 19.4. The largest absolute Gasteiger partial charge is 0.507 e. The molecule has 3 aromatic carbocycles. The molecule has 0 fully saturated rings. The number of carbonyl (C=O) groups is 1. The summed E-state index contributed by atoms with van der Waals surface area (Å²) in [6.45, 7) is 3.93. The van der Waals surface area contributed by atoms with Gasteiger partial charge in [-0.15, -0.1) is 0 Å². The van der Waals surface area contributed by atoms with Crippen LogP contribution in [0.4, 0.5) is 32.0 Å². The number of rotatable bonds is 7. The van der Waals surface area contributed by atoms with Gasteiger partial charge in [0.1, 0.15) is 5.75 Å². The number of phenolic OH excluding ortho intramolecular Hbond substituents is 1. The number of halogens is 6. The quantitative estimate of drug-likeness (QED) is 0.263. The third-order valence-corrected chi connectivity index (χ3v) is 4.71. The molecule has 184 valence electrons. The minimum atomic E-state index is -5.08. The van der Waals surface area contributed by atoms with Crippen molar-refractivity contribution in [2.24, 2.45) is 0 Å². The Morgan fingerprint density at radius 1 is 0.886 bits per heavy atom. The van der Waals surface area contributed by atoms with Gasteiger partial charge in [0.15, 0.2) is 0 Å². The molecule has 0 aromatic heterocycles. The van der Waals surface area contributed by atoms with Crippen LogP contribution < -0.4 is 10.8 Å². The van der Waals surface area contributed by atoms with Crippen LogP contribution in [0.5, 0.6) is 5.75 Å². The van der Waals surface area contributed by atoms with Crippen LogP contribution >= 0.6 is 0 Å². The third-order valence-electron chi connectivity index (χ3n) is 4.71. The lowest BCUT2D eigenvalue weighted by Gasteiger charge is -2.15. The molecule has 11 heteroatoms. The number of anilines is 1. The number of hydroxylamine groups is 1. The average molecular weight is 496 g/mol. The maximum absolute atomic E-state index is 13.1. The summed E-state index contributed by atoms with van der Waals surface area (Å²) in [5.41, 5.74) is -0.427. The van der Waals surface area contributed by atoms with Crippen LogP contribution in [0.1, 0.15) is 32.6 Å². The molecule has 0 aliphatic heterocycles. The summed E-state index contributed by atoms with van der Waals surface area (Å²) in [5, 5.41) is 12.0. The molecule has 0 saturated carbocycles. The third kappa shape index (κ3) is 6.76. The average Bonchev–Trinajstić information content (AvgIpc) is 2.78. The van der Waals surface area contributed by atoms with Gasteiger partial charge >= 0.3 is 12.4 Å². The van der Waals surface area contributed by atoms with Crippen LogP contribution in [0.3, 0.4) is 0 Å². The second kappa shape index (κ2) is 10.1. The Labute approximate surface area is 195 Å². The number of aromatic hydroxyl groups is 1. The maximum atomic E-state index is 13.1. The Hall–Kier alpha value is -3.99. The summed E-state index contributed by atoms with van der Waals surface area (Å²) in [4.78, 5) is 17.9.